The van der Waals surface area contributed by atoms with Crippen LogP contribution in [-0.2, 0) is 10.0 Å². The van der Waals surface area contributed by atoms with Gasteiger partial charge in [0.15, 0.2) is 11.6 Å². The number of anilines is 1. The van der Waals surface area contributed by atoms with Crippen LogP contribution in [0.2, 0.25) is 5.02 Å². The van der Waals surface area contributed by atoms with Crippen molar-refractivity contribution in [2.24, 2.45) is 0 Å². The van der Waals surface area contributed by atoms with Crippen molar-refractivity contribution in [3.8, 4) is 5.75 Å². The number of piperazine rings is 1. The van der Waals surface area contributed by atoms with Gasteiger partial charge in [-0.15, -0.1) is 0 Å². The van der Waals surface area contributed by atoms with Crippen LogP contribution < -0.4 is 14.4 Å². The van der Waals surface area contributed by atoms with Crippen LogP contribution in [0.25, 0.3) is 0 Å². The number of methoxy groups -OCH3 is 1. The Kier molecular flexibility index (Phi) is 6.77. The molecule has 0 saturated carbocycles. The molecule has 1 N–H and O–H groups in total. The second kappa shape index (κ2) is 9.09. The summed E-state index contributed by atoms with van der Waals surface area (Å²) < 4.78 is 45.8. The van der Waals surface area contributed by atoms with Gasteiger partial charge >= 0.3 is 0 Å². The largest absolute Gasteiger partial charge is 0.494 e. The molecular formula is C19H23ClFN3O3S. The van der Waals surface area contributed by atoms with Crippen molar-refractivity contribution in [2.75, 3.05) is 51.3 Å². The van der Waals surface area contributed by atoms with Gasteiger partial charge in [-0.2, -0.15) is 0 Å². The van der Waals surface area contributed by atoms with Crippen LogP contribution in [0.1, 0.15) is 0 Å². The van der Waals surface area contributed by atoms with Gasteiger partial charge in [0.1, 0.15) is 0 Å². The van der Waals surface area contributed by atoms with E-state index in [1.165, 1.54) is 19.2 Å². The van der Waals surface area contributed by atoms with E-state index in [-0.39, 0.29) is 17.2 Å². The molecular weight excluding hydrogens is 405 g/mol. The normalized spacial score (nSPS) is 15.6. The maximum absolute atomic E-state index is 13.8. The van der Waals surface area contributed by atoms with Gasteiger partial charge in [0.25, 0.3) is 0 Å². The maximum Gasteiger partial charge on any atom is 0.240 e. The fourth-order valence-electron chi connectivity index (χ4n) is 3.12. The van der Waals surface area contributed by atoms with Crippen molar-refractivity contribution in [1.29, 1.82) is 0 Å². The monoisotopic (exact) mass is 427 g/mol. The lowest BCUT2D eigenvalue weighted by atomic mass is 10.2. The van der Waals surface area contributed by atoms with Crippen LogP contribution in [0.15, 0.2) is 47.4 Å². The molecule has 0 unspecified atom stereocenters. The van der Waals surface area contributed by atoms with Crippen molar-refractivity contribution >= 4 is 27.3 Å². The zero-order chi connectivity index (χ0) is 20.1. The fourth-order valence-corrected chi connectivity index (χ4v) is 4.28. The summed E-state index contributed by atoms with van der Waals surface area (Å²) in [6.07, 6.45) is 0. The van der Waals surface area contributed by atoms with E-state index in [1.807, 2.05) is 24.3 Å². The smallest absolute Gasteiger partial charge is 0.240 e. The van der Waals surface area contributed by atoms with Crippen LogP contribution in [-0.4, -0.2) is 59.7 Å². The zero-order valence-corrected chi connectivity index (χ0v) is 17.1. The molecule has 1 saturated heterocycles. The first-order valence-electron chi connectivity index (χ1n) is 8.95. The van der Waals surface area contributed by atoms with Crippen LogP contribution in [0.5, 0.6) is 5.75 Å². The quantitative estimate of drug-likeness (QED) is 0.736. The number of nitrogens with zero attached hydrogens (tertiary/aromatic N) is 2. The SMILES string of the molecule is COc1ccc(S(=O)(=O)NCCN2CCN(c3ccc(Cl)cc3)CC2)cc1F. The van der Waals surface area contributed by atoms with E-state index in [0.717, 1.165) is 37.9 Å². The Balaban J connectivity index is 1.47. The van der Waals surface area contributed by atoms with E-state index in [2.05, 4.69) is 14.5 Å². The number of hydrogen-bond donors (Lipinski definition) is 1. The number of hydrogen-bond acceptors (Lipinski definition) is 5. The van der Waals surface area contributed by atoms with Crippen molar-refractivity contribution in [3.63, 3.8) is 0 Å². The van der Waals surface area contributed by atoms with E-state index in [1.54, 1.807) is 0 Å². The van der Waals surface area contributed by atoms with E-state index in [4.69, 9.17) is 16.3 Å². The lowest BCUT2D eigenvalue weighted by Gasteiger charge is -2.36. The average Bonchev–Trinajstić information content (AvgIpc) is 2.69. The Labute approximate surface area is 169 Å². The molecule has 3 rings (SSSR count). The van der Waals surface area contributed by atoms with Gasteiger partial charge in [0, 0.05) is 50.0 Å². The summed E-state index contributed by atoms with van der Waals surface area (Å²) in [5.74, 6) is -0.693. The lowest BCUT2D eigenvalue weighted by molar-refractivity contribution is 0.262. The number of halogens is 2. The molecule has 1 aliphatic heterocycles. The lowest BCUT2D eigenvalue weighted by Crippen LogP contribution is -2.48. The first-order chi connectivity index (χ1) is 13.4. The van der Waals surface area contributed by atoms with Gasteiger partial charge in [-0.25, -0.2) is 17.5 Å². The molecule has 0 radical (unpaired) electrons. The second-order valence-corrected chi connectivity index (χ2v) is 8.70. The first kappa shape index (κ1) is 20.9. The van der Waals surface area contributed by atoms with Gasteiger partial charge in [0.2, 0.25) is 10.0 Å². The van der Waals surface area contributed by atoms with Crippen LogP contribution in [0.3, 0.4) is 0 Å². The molecule has 0 amide bonds. The Morgan fingerprint density at radius 2 is 1.79 bits per heavy atom. The van der Waals surface area contributed by atoms with Crippen molar-refractivity contribution in [1.82, 2.24) is 9.62 Å². The summed E-state index contributed by atoms with van der Waals surface area (Å²) in [4.78, 5) is 4.36. The number of nitrogens with one attached hydrogen (secondary N) is 1. The van der Waals surface area contributed by atoms with Crippen LogP contribution >= 0.6 is 11.6 Å². The third-order valence-corrected chi connectivity index (χ3v) is 6.43. The predicted molar refractivity (Wildman–Crippen MR) is 108 cm³/mol. The van der Waals surface area contributed by atoms with Gasteiger partial charge < -0.3 is 9.64 Å². The van der Waals surface area contributed by atoms with E-state index < -0.39 is 15.8 Å². The molecule has 0 aliphatic carbocycles. The summed E-state index contributed by atoms with van der Waals surface area (Å²) in [6, 6.07) is 11.3. The molecule has 28 heavy (non-hydrogen) atoms. The number of ether oxygens (including phenoxy) is 1. The van der Waals surface area contributed by atoms with Crippen molar-refractivity contribution in [3.05, 3.63) is 53.3 Å². The highest BCUT2D eigenvalue weighted by atomic mass is 35.5. The van der Waals surface area contributed by atoms with Gasteiger partial charge in [-0.1, -0.05) is 11.6 Å². The average molecular weight is 428 g/mol. The molecule has 0 spiro atoms. The minimum Gasteiger partial charge on any atom is -0.494 e. The van der Waals surface area contributed by atoms with E-state index >= 15 is 0 Å². The third kappa shape index (κ3) is 5.14. The minimum atomic E-state index is -3.76. The van der Waals surface area contributed by atoms with Crippen LogP contribution in [0.4, 0.5) is 10.1 Å². The standard InChI is InChI=1S/C19H23ClFN3O3S/c1-27-19-7-6-17(14-18(19)21)28(25,26)22-8-9-23-10-12-24(13-11-23)16-4-2-15(20)3-5-16/h2-7,14,22H,8-13H2,1H3. The van der Waals surface area contributed by atoms with Gasteiger partial charge in [-0.05, 0) is 42.5 Å². The minimum absolute atomic E-state index is 0.0116. The fraction of sp³-hybridized carbons (Fsp3) is 0.368. The highest BCUT2D eigenvalue weighted by molar-refractivity contribution is 7.89. The highest BCUT2D eigenvalue weighted by Gasteiger charge is 2.19. The Bertz CT molecular complexity index is 901. The first-order valence-corrected chi connectivity index (χ1v) is 10.8. The number of sulfonamides is 1. The zero-order valence-electron chi connectivity index (χ0n) is 15.6. The number of rotatable bonds is 7. The topological polar surface area (TPSA) is 61.9 Å². The molecule has 0 atom stereocenters. The molecule has 152 valence electrons. The molecule has 0 aromatic heterocycles. The Morgan fingerprint density at radius 1 is 1.11 bits per heavy atom. The molecule has 0 bridgehead atoms. The Hall–Kier alpha value is -1.87. The summed E-state index contributed by atoms with van der Waals surface area (Å²) in [6.45, 7) is 4.24. The summed E-state index contributed by atoms with van der Waals surface area (Å²) >= 11 is 5.93. The van der Waals surface area contributed by atoms with Gasteiger partial charge in [0.05, 0.1) is 12.0 Å². The summed E-state index contributed by atoms with van der Waals surface area (Å²) in [5.41, 5.74) is 1.13. The predicted octanol–water partition coefficient (Wildman–Crippen LogP) is 2.59. The molecule has 9 heteroatoms. The third-order valence-electron chi connectivity index (χ3n) is 4.72. The van der Waals surface area contributed by atoms with Crippen molar-refractivity contribution in [2.45, 2.75) is 4.90 Å². The summed E-state index contributed by atoms with van der Waals surface area (Å²) in [7, 11) is -2.43. The summed E-state index contributed by atoms with van der Waals surface area (Å²) in [5, 5.41) is 0.714. The maximum atomic E-state index is 13.8. The molecule has 2 aromatic rings. The van der Waals surface area contributed by atoms with Gasteiger partial charge in [-0.3, -0.25) is 4.90 Å². The molecule has 1 fully saturated rings. The molecule has 6 nitrogen and oxygen atoms in total. The van der Waals surface area contributed by atoms with Crippen molar-refractivity contribution < 1.29 is 17.5 Å². The molecule has 1 heterocycles. The van der Waals surface area contributed by atoms with E-state index in [9.17, 15) is 12.8 Å². The van der Waals surface area contributed by atoms with E-state index in [0.29, 0.717) is 11.6 Å². The highest BCUT2D eigenvalue weighted by Crippen LogP contribution is 2.21. The van der Waals surface area contributed by atoms with Crippen LogP contribution in [0, 0.1) is 5.82 Å². The second-order valence-electron chi connectivity index (χ2n) is 6.50. The molecule has 1 aliphatic rings. The number of benzene rings is 2. The Morgan fingerprint density at radius 3 is 2.39 bits per heavy atom. The molecule has 2 aromatic carbocycles.